The summed E-state index contributed by atoms with van der Waals surface area (Å²) in [5, 5.41) is 7.37. The molecule has 1 aromatic carbocycles. The number of nitrogens with zero attached hydrogens (tertiary/aromatic N) is 1. The molecule has 0 fully saturated rings. The van der Waals surface area contributed by atoms with E-state index in [9.17, 15) is 0 Å². The molecule has 0 aliphatic heterocycles. The number of fused-ring (bicyclic) bond motifs is 3. The van der Waals surface area contributed by atoms with Crippen LogP contribution < -0.4 is 0 Å². The first-order chi connectivity index (χ1) is 9.70. The number of benzene rings is 1. The maximum atomic E-state index is 5.05. The Kier molecular flexibility index (Phi) is 2.57. The minimum Gasteiger partial charge on any atom is -0.358 e. The van der Waals surface area contributed by atoms with Crippen LogP contribution in [0.3, 0.4) is 0 Å². The van der Waals surface area contributed by atoms with Gasteiger partial charge in [-0.05, 0) is 56.1 Å². The fourth-order valence-corrected chi connectivity index (χ4v) is 3.39. The molecule has 1 aliphatic rings. The number of nitrogens with one attached hydrogen (secondary N) is 3. The van der Waals surface area contributed by atoms with Crippen molar-refractivity contribution in [2.24, 2.45) is 0 Å². The number of aromatic amines is 3. The van der Waals surface area contributed by atoms with Gasteiger partial charge in [0, 0.05) is 22.5 Å². The predicted octanol–water partition coefficient (Wildman–Crippen LogP) is 3.53. The van der Waals surface area contributed by atoms with Gasteiger partial charge in [0.1, 0.15) is 5.82 Å². The van der Waals surface area contributed by atoms with E-state index in [0.717, 1.165) is 25.1 Å². The molecule has 1 aliphatic carbocycles. The van der Waals surface area contributed by atoms with Crippen LogP contribution in [0.2, 0.25) is 0 Å². The molecular formula is C15H16N4S. The smallest absolute Gasteiger partial charge is 0.213 e. The minimum absolute atomic E-state index is 0.426. The van der Waals surface area contributed by atoms with E-state index in [0.29, 0.717) is 10.7 Å². The van der Waals surface area contributed by atoms with Crippen LogP contribution >= 0.6 is 12.2 Å². The Morgan fingerprint density at radius 3 is 3.00 bits per heavy atom. The third-order valence-electron chi connectivity index (χ3n) is 4.25. The molecule has 0 saturated heterocycles. The van der Waals surface area contributed by atoms with Gasteiger partial charge in [0.05, 0.1) is 0 Å². The molecule has 1 unspecified atom stereocenters. The van der Waals surface area contributed by atoms with Crippen molar-refractivity contribution < 1.29 is 0 Å². The van der Waals surface area contributed by atoms with Crippen molar-refractivity contribution in [1.82, 2.24) is 20.2 Å². The highest BCUT2D eigenvalue weighted by Gasteiger charge is 2.25. The Bertz CT molecular complexity index is 839. The number of aromatic nitrogens is 4. The van der Waals surface area contributed by atoms with Crippen molar-refractivity contribution >= 4 is 23.1 Å². The van der Waals surface area contributed by atoms with Crippen LogP contribution in [-0.4, -0.2) is 20.2 Å². The zero-order valence-corrected chi connectivity index (χ0v) is 12.1. The summed E-state index contributed by atoms with van der Waals surface area (Å²) in [7, 11) is 0. The standard InChI is InChI=1S/C15H16N4S/c1-8-2-4-12-10(6-8)11-7-9(3-5-13(11)16-12)14-17-15(20)19-18-14/h2,4,6,9,16H,3,5,7H2,1H3,(H2,17,18,19,20). The van der Waals surface area contributed by atoms with Crippen LogP contribution in [0, 0.1) is 11.7 Å². The van der Waals surface area contributed by atoms with Crippen LogP contribution in [0.1, 0.15) is 35.0 Å². The molecule has 3 N–H and O–H groups in total. The molecular weight excluding hydrogens is 268 g/mol. The second-order valence-corrected chi connectivity index (χ2v) is 6.01. The van der Waals surface area contributed by atoms with E-state index in [1.165, 1.54) is 27.7 Å². The molecule has 2 heterocycles. The minimum atomic E-state index is 0.426. The lowest BCUT2D eigenvalue weighted by atomic mass is 9.86. The largest absolute Gasteiger partial charge is 0.358 e. The summed E-state index contributed by atoms with van der Waals surface area (Å²) in [6.45, 7) is 2.14. The topological polar surface area (TPSA) is 60.3 Å². The molecule has 1 atom stereocenters. The van der Waals surface area contributed by atoms with Crippen LogP contribution in [-0.2, 0) is 12.8 Å². The van der Waals surface area contributed by atoms with Gasteiger partial charge in [-0.1, -0.05) is 11.6 Å². The van der Waals surface area contributed by atoms with E-state index >= 15 is 0 Å². The fraction of sp³-hybridized carbons (Fsp3) is 0.333. The average molecular weight is 284 g/mol. The van der Waals surface area contributed by atoms with E-state index in [1.54, 1.807) is 0 Å². The molecule has 4 nitrogen and oxygen atoms in total. The number of hydrogen-bond acceptors (Lipinski definition) is 2. The highest BCUT2D eigenvalue weighted by Crippen LogP contribution is 2.35. The first kappa shape index (κ1) is 11.9. The Morgan fingerprint density at radius 1 is 1.30 bits per heavy atom. The van der Waals surface area contributed by atoms with Gasteiger partial charge in [0.25, 0.3) is 0 Å². The molecule has 0 amide bonds. The Morgan fingerprint density at radius 2 is 2.20 bits per heavy atom. The van der Waals surface area contributed by atoms with E-state index in [2.05, 4.69) is 45.3 Å². The predicted molar refractivity (Wildman–Crippen MR) is 81.6 cm³/mol. The molecule has 2 aromatic heterocycles. The summed E-state index contributed by atoms with van der Waals surface area (Å²) >= 11 is 5.05. The highest BCUT2D eigenvalue weighted by atomic mass is 32.1. The van der Waals surface area contributed by atoms with Gasteiger partial charge in [0.2, 0.25) is 4.77 Å². The zero-order chi connectivity index (χ0) is 13.7. The van der Waals surface area contributed by atoms with Crippen molar-refractivity contribution in [3.05, 3.63) is 45.6 Å². The van der Waals surface area contributed by atoms with Crippen molar-refractivity contribution in [3.63, 3.8) is 0 Å². The van der Waals surface area contributed by atoms with Gasteiger partial charge in [-0.25, -0.2) is 4.98 Å². The summed E-state index contributed by atoms with van der Waals surface area (Å²) in [6, 6.07) is 6.62. The van der Waals surface area contributed by atoms with E-state index < -0.39 is 0 Å². The highest BCUT2D eigenvalue weighted by molar-refractivity contribution is 7.71. The lowest BCUT2D eigenvalue weighted by Gasteiger charge is -2.20. The second kappa shape index (κ2) is 4.31. The number of aryl methyl sites for hydroxylation is 2. The maximum absolute atomic E-state index is 5.05. The third-order valence-corrected chi connectivity index (χ3v) is 4.44. The number of rotatable bonds is 1. The molecule has 102 valence electrons. The third kappa shape index (κ3) is 1.81. The molecule has 0 radical (unpaired) electrons. The Balaban J connectivity index is 1.79. The molecule has 20 heavy (non-hydrogen) atoms. The van der Waals surface area contributed by atoms with E-state index in [-0.39, 0.29) is 0 Å². The lowest BCUT2D eigenvalue weighted by molar-refractivity contribution is 0.555. The maximum Gasteiger partial charge on any atom is 0.213 e. The zero-order valence-electron chi connectivity index (χ0n) is 11.3. The van der Waals surface area contributed by atoms with Gasteiger partial charge < -0.3 is 4.98 Å². The van der Waals surface area contributed by atoms with Crippen LogP contribution in [0.5, 0.6) is 0 Å². The van der Waals surface area contributed by atoms with Crippen LogP contribution in [0.4, 0.5) is 0 Å². The quantitative estimate of drug-likeness (QED) is 0.599. The fourth-order valence-electron chi connectivity index (χ4n) is 3.24. The molecule has 3 aromatic rings. The molecule has 0 bridgehead atoms. The van der Waals surface area contributed by atoms with E-state index in [1.807, 2.05) is 0 Å². The molecule has 0 spiro atoms. The Hall–Kier alpha value is -1.88. The molecule has 5 heteroatoms. The van der Waals surface area contributed by atoms with Gasteiger partial charge in [-0.2, -0.15) is 0 Å². The number of hydrogen-bond donors (Lipinski definition) is 3. The van der Waals surface area contributed by atoms with Gasteiger partial charge >= 0.3 is 0 Å². The summed E-state index contributed by atoms with van der Waals surface area (Å²) in [5.41, 5.74) is 5.38. The first-order valence-corrected chi connectivity index (χ1v) is 7.36. The van der Waals surface area contributed by atoms with Gasteiger partial charge in [-0.15, -0.1) is 0 Å². The van der Waals surface area contributed by atoms with Crippen molar-refractivity contribution in [3.8, 4) is 0 Å². The summed E-state index contributed by atoms with van der Waals surface area (Å²) in [4.78, 5) is 7.94. The SMILES string of the molecule is Cc1ccc2[nH]c3c(c2c1)CC(c1nc(=S)[nH][nH]1)CC3. The summed E-state index contributed by atoms with van der Waals surface area (Å²) < 4.78 is 0.542. The first-order valence-electron chi connectivity index (χ1n) is 6.95. The van der Waals surface area contributed by atoms with Gasteiger partial charge in [0.15, 0.2) is 0 Å². The van der Waals surface area contributed by atoms with Crippen LogP contribution in [0.25, 0.3) is 10.9 Å². The summed E-state index contributed by atoms with van der Waals surface area (Å²) in [6.07, 6.45) is 3.20. The van der Waals surface area contributed by atoms with Crippen molar-refractivity contribution in [2.45, 2.75) is 32.1 Å². The van der Waals surface area contributed by atoms with Crippen molar-refractivity contribution in [2.75, 3.05) is 0 Å². The molecule has 0 saturated carbocycles. The molecule has 4 rings (SSSR count). The van der Waals surface area contributed by atoms with Gasteiger partial charge in [-0.3, -0.25) is 10.2 Å². The van der Waals surface area contributed by atoms with Crippen LogP contribution in [0.15, 0.2) is 18.2 Å². The summed E-state index contributed by atoms with van der Waals surface area (Å²) in [5.74, 6) is 1.41. The monoisotopic (exact) mass is 284 g/mol. The second-order valence-electron chi connectivity index (χ2n) is 5.62. The lowest BCUT2D eigenvalue weighted by Crippen LogP contribution is -2.13. The number of H-pyrrole nitrogens is 3. The van der Waals surface area contributed by atoms with Crippen molar-refractivity contribution in [1.29, 1.82) is 0 Å². The Labute approximate surface area is 121 Å². The normalized spacial score (nSPS) is 18.4. The average Bonchev–Trinajstić information content (AvgIpc) is 3.02. The van der Waals surface area contributed by atoms with E-state index in [4.69, 9.17) is 12.2 Å².